The van der Waals surface area contributed by atoms with Crippen LogP contribution in [0.15, 0.2) is 40.0 Å². The van der Waals surface area contributed by atoms with E-state index in [1.807, 2.05) is 6.07 Å². The van der Waals surface area contributed by atoms with E-state index in [9.17, 15) is 14.4 Å². The molecule has 23 heavy (non-hydrogen) atoms. The number of hydrogen-bond donors (Lipinski definition) is 1. The standard InChI is InChI=1S/C15H13BrN2O5/c1-22-13(19)10-11(8-3-2-4-9(16)7-8)17-15(21)18-5-6-23-14(20)12(10)18/h2-4,7,11H,5-6H2,1H3,(H,17,21)/t11-/m0/s1. The van der Waals surface area contributed by atoms with Crippen molar-refractivity contribution in [1.29, 1.82) is 0 Å². The molecule has 0 aliphatic carbocycles. The number of fused-ring (bicyclic) bond motifs is 1. The molecule has 2 amide bonds. The smallest absolute Gasteiger partial charge is 0.355 e. The van der Waals surface area contributed by atoms with Crippen LogP contribution in [0.2, 0.25) is 0 Å². The van der Waals surface area contributed by atoms with E-state index in [0.29, 0.717) is 5.56 Å². The first-order valence-corrected chi connectivity index (χ1v) is 7.65. The summed E-state index contributed by atoms with van der Waals surface area (Å²) in [4.78, 5) is 37.9. The number of rotatable bonds is 2. The maximum Gasteiger partial charge on any atom is 0.355 e. The molecule has 1 aromatic rings. The molecule has 1 atom stereocenters. The highest BCUT2D eigenvalue weighted by Crippen LogP contribution is 2.33. The number of morpholine rings is 1. The summed E-state index contributed by atoms with van der Waals surface area (Å²) < 4.78 is 10.6. The van der Waals surface area contributed by atoms with E-state index < -0.39 is 24.0 Å². The summed E-state index contributed by atoms with van der Waals surface area (Å²) in [6, 6.07) is 5.87. The van der Waals surface area contributed by atoms with Crippen molar-refractivity contribution in [2.24, 2.45) is 0 Å². The predicted molar refractivity (Wildman–Crippen MR) is 82.1 cm³/mol. The van der Waals surface area contributed by atoms with Gasteiger partial charge in [0.2, 0.25) is 0 Å². The van der Waals surface area contributed by atoms with Crippen LogP contribution >= 0.6 is 15.9 Å². The third-order valence-electron chi connectivity index (χ3n) is 3.66. The molecule has 1 N–H and O–H groups in total. The molecule has 2 aliphatic rings. The Hall–Kier alpha value is -2.35. The second-order valence-corrected chi connectivity index (χ2v) is 5.89. The lowest BCUT2D eigenvalue weighted by Gasteiger charge is -2.37. The number of ether oxygens (including phenoxy) is 2. The quantitative estimate of drug-likeness (QED) is 0.785. The predicted octanol–water partition coefficient (Wildman–Crippen LogP) is 1.50. The van der Waals surface area contributed by atoms with Gasteiger partial charge >= 0.3 is 18.0 Å². The molecule has 0 unspecified atom stereocenters. The molecular formula is C15H13BrN2O5. The van der Waals surface area contributed by atoms with E-state index in [2.05, 4.69) is 21.2 Å². The Morgan fingerprint density at radius 1 is 1.43 bits per heavy atom. The van der Waals surface area contributed by atoms with Crippen LogP contribution < -0.4 is 5.32 Å². The fraction of sp³-hybridized carbons (Fsp3) is 0.267. The molecule has 1 saturated heterocycles. The summed E-state index contributed by atoms with van der Waals surface area (Å²) in [7, 11) is 1.22. The molecule has 1 fully saturated rings. The largest absolute Gasteiger partial charge is 0.466 e. The van der Waals surface area contributed by atoms with E-state index in [-0.39, 0.29) is 24.4 Å². The van der Waals surface area contributed by atoms with E-state index >= 15 is 0 Å². The van der Waals surface area contributed by atoms with Crippen LogP contribution in [0.25, 0.3) is 0 Å². The molecule has 120 valence electrons. The van der Waals surface area contributed by atoms with Crippen molar-refractivity contribution in [1.82, 2.24) is 10.2 Å². The van der Waals surface area contributed by atoms with Gasteiger partial charge in [0.1, 0.15) is 12.3 Å². The maximum atomic E-state index is 12.3. The second-order valence-electron chi connectivity index (χ2n) is 4.98. The van der Waals surface area contributed by atoms with Crippen LogP contribution in [-0.4, -0.2) is 43.1 Å². The molecule has 0 aromatic heterocycles. The number of amides is 2. The van der Waals surface area contributed by atoms with E-state index in [1.54, 1.807) is 18.2 Å². The number of carbonyl (C=O) groups excluding carboxylic acids is 3. The highest BCUT2D eigenvalue weighted by atomic mass is 79.9. The van der Waals surface area contributed by atoms with Crippen molar-refractivity contribution in [2.45, 2.75) is 6.04 Å². The summed E-state index contributed by atoms with van der Waals surface area (Å²) in [6.45, 7) is 0.282. The zero-order chi connectivity index (χ0) is 16.6. The average molecular weight is 381 g/mol. The third-order valence-corrected chi connectivity index (χ3v) is 4.15. The van der Waals surface area contributed by atoms with Gasteiger partial charge in [-0.05, 0) is 17.7 Å². The van der Waals surface area contributed by atoms with Crippen LogP contribution in [0.4, 0.5) is 4.79 Å². The maximum absolute atomic E-state index is 12.3. The van der Waals surface area contributed by atoms with Crippen LogP contribution in [-0.2, 0) is 19.1 Å². The van der Waals surface area contributed by atoms with Crippen molar-refractivity contribution in [3.63, 3.8) is 0 Å². The van der Waals surface area contributed by atoms with E-state index in [1.165, 1.54) is 12.0 Å². The fourth-order valence-electron chi connectivity index (χ4n) is 2.65. The molecule has 7 nitrogen and oxygen atoms in total. The van der Waals surface area contributed by atoms with Crippen LogP contribution in [0.3, 0.4) is 0 Å². The third kappa shape index (κ3) is 2.70. The molecule has 8 heteroatoms. The van der Waals surface area contributed by atoms with Gasteiger partial charge in [-0.3, -0.25) is 4.90 Å². The Balaban J connectivity index is 2.18. The first kappa shape index (κ1) is 15.5. The average Bonchev–Trinajstić information content (AvgIpc) is 2.54. The van der Waals surface area contributed by atoms with E-state index in [4.69, 9.17) is 9.47 Å². The van der Waals surface area contributed by atoms with Crippen molar-refractivity contribution >= 4 is 33.9 Å². The lowest BCUT2D eigenvalue weighted by Crippen LogP contribution is -2.53. The van der Waals surface area contributed by atoms with Gasteiger partial charge in [-0.1, -0.05) is 28.1 Å². The Bertz CT molecular complexity index is 730. The molecule has 2 aliphatic heterocycles. The molecule has 1 aromatic carbocycles. The summed E-state index contributed by atoms with van der Waals surface area (Å²) in [6.07, 6.45) is 0. The number of urea groups is 1. The lowest BCUT2D eigenvalue weighted by molar-refractivity contribution is -0.146. The number of esters is 2. The van der Waals surface area contributed by atoms with Gasteiger partial charge < -0.3 is 14.8 Å². The first-order chi connectivity index (χ1) is 11.0. The molecular weight excluding hydrogens is 368 g/mol. The number of nitrogens with one attached hydrogen (secondary N) is 1. The van der Waals surface area contributed by atoms with Crippen molar-refractivity contribution in [2.75, 3.05) is 20.3 Å². The molecule has 0 bridgehead atoms. The van der Waals surface area contributed by atoms with Gasteiger partial charge in [0.15, 0.2) is 0 Å². The zero-order valence-corrected chi connectivity index (χ0v) is 13.8. The van der Waals surface area contributed by atoms with Gasteiger partial charge in [-0.25, -0.2) is 14.4 Å². The summed E-state index contributed by atoms with van der Waals surface area (Å²) >= 11 is 3.35. The number of carbonyl (C=O) groups is 3. The molecule has 2 heterocycles. The lowest BCUT2D eigenvalue weighted by atomic mass is 9.94. The highest BCUT2D eigenvalue weighted by Gasteiger charge is 2.43. The van der Waals surface area contributed by atoms with Crippen molar-refractivity contribution in [3.05, 3.63) is 45.6 Å². The Kier molecular flexibility index (Phi) is 4.08. The minimum absolute atomic E-state index is 0.0585. The summed E-state index contributed by atoms with van der Waals surface area (Å²) in [5.74, 6) is -1.39. The van der Waals surface area contributed by atoms with Crippen LogP contribution in [0.5, 0.6) is 0 Å². The Morgan fingerprint density at radius 2 is 2.22 bits per heavy atom. The monoisotopic (exact) mass is 380 g/mol. The van der Waals surface area contributed by atoms with Crippen molar-refractivity contribution < 1.29 is 23.9 Å². The fourth-order valence-corrected chi connectivity index (χ4v) is 3.07. The number of benzene rings is 1. The molecule has 0 radical (unpaired) electrons. The number of nitrogens with zero attached hydrogens (tertiary/aromatic N) is 1. The van der Waals surface area contributed by atoms with Gasteiger partial charge in [0.25, 0.3) is 0 Å². The first-order valence-electron chi connectivity index (χ1n) is 6.86. The SMILES string of the molecule is COC(=O)C1=C2C(=O)OCCN2C(=O)N[C@H]1c1cccc(Br)c1. The summed E-state index contributed by atoms with van der Waals surface area (Å²) in [5, 5.41) is 2.74. The molecule has 0 spiro atoms. The number of methoxy groups -OCH3 is 1. The Morgan fingerprint density at radius 3 is 2.91 bits per heavy atom. The zero-order valence-electron chi connectivity index (χ0n) is 12.2. The van der Waals surface area contributed by atoms with Gasteiger partial charge in [-0.2, -0.15) is 0 Å². The molecule has 0 saturated carbocycles. The van der Waals surface area contributed by atoms with Crippen molar-refractivity contribution in [3.8, 4) is 0 Å². The Labute approximate surface area is 140 Å². The number of halogens is 1. The van der Waals surface area contributed by atoms with Gasteiger partial charge in [0.05, 0.1) is 25.3 Å². The highest BCUT2D eigenvalue weighted by molar-refractivity contribution is 9.10. The number of hydrogen-bond acceptors (Lipinski definition) is 5. The van der Waals surface area contributed by atoms with E-state index in [0.717, 1.165) is 4.47 Å². The normalized spacial score (nSPS) is 20.6. The molecule has 3 rings (SSSR count). The van der Waals surface area contributed by atoms with Gasteiger partial charge in [-0.15, -0.1) is 0 Å². The van der Waals surface area contributed by atoms with Crippen LogP contribution in [0.1, 0.15) is 11.6 Å². The topological polar surface area (TPSA) is 84.9 Å². The minimum Gasteiger partial charge on any atom is -0.466 e. The van der Waals surface area contributed by atoms with Gasteiger partial charge in [0, 0.05) is 4.47 Å². The minimum atomic E-state index is -0.788. The van der Waals surface area contributed by atoms with Crippen LogP contribution in [0, 0.1) is 0 Å². The number of cyclic esters (lactones) is 1. The summed E-state index contributed by atoms with van der Waals surface area (Å²) in [5.41, 5.74) is 0.658. The second kappa shape index (κ2) is 6.04.